The summed E-state index contributed by atoms with van der Waals surface area (Å²) in [6, 6.07) is 7.48. The summed E-state index contributed by atoms with van der Waals surface area (Å²) in [6.45, 7) is 7.82. The van der Waals surface area contributed by atoms with Crippen LogP contribution >= 0.6 is 0 Å². The molecule has 1 rings (SSSR count). The standard InChI is InChI=1S/C16H26N2O/c1-4-16(5-2,6-3)12-18-15(19)14-9-7-13(11-17)8-10-14/h7-10H,4-6,11-12,17H2,1-3H3,(H,18,19). The molecule has 0 aromatic heterocycles. The lowest BCUT2D eigenvalue weighted by atomic mass is 9.80. The van der Waals surface area contributed by atoms with Crippen molar-refractivity contribution in [3.8, 4) is 0 Å². The van der Waals surface area contributed by atoms with Gasteiger partial charge in [-0.3, -0.25) is 4.79 Å². The molecule has 0 saturated carbocycles. The molecule has 0 aliphatic rings. The predicted octanol–water partition coefficient (Wildman–Crippen LogP) is 3.09. The maximum atomic E-state index is 12.1. The van der Waals surface area contributed by atoms with Gasteiger partial charge in [-0.05, 0) is 42.4 Å². The Kier molecular flexibility index (Phi) is 6.03. The summed E-state index contributed by atoms with van der Waals surface area (Å²) in [5.74, 6) is 0.00305. The Balaban J connectivity index is 2.63. The Bertz CT molecular complexity index is 385. The minimum atomic E-state index is 0.00305. The van der Waals surface area contributed by atoms with Crippen LogP contribution in [0.15, 0.2) is 24.3 Å². The topological polar surface area (TPSA) is 55.1 Å². The van der Waals surface area contributed by atoms with Gasteiger partial charge in [0, 0.05) is 18.7 Å². The third-order valence-electron chi connectivity index (χ3n) is 4.33. The molecule has 19 heavy (non-hydrogen) atoms. The molecule has 0 heterocycles. The number of amides is 1. The van der Waals surface area contributed by atoms with Crippen LogP contribution in [0.2, 0.25) is 0 Å². The zero-order valence-electron chi connectivity index (χ0n) is 12.3. The second-order valence-electron chi connectivity index (χ2n) is 5.14. The highest BCUT2D eigenvalue weighted by molar-refractivity contribution is 5.94. The van der Waals surface area contributed by atoms with Crippen molar-refractivity contribution in [2.75, 3.05) is 6.54 Å². The van der Waals surface area contributed by atoms with Gasteiger partial charge in [-0.15, -0.1) is 0 Å². The number of carbonyl (C=O) groups is 1. The van der Waals surface area contributed by atoms with E-state index in [2.05, 4.69) is 26.1 Å². The first-order valence-electron chi connectivity index (χ1n) is 7.18. The molecule has 0 aliphatic heterocycles. The maximum Gasteiger partial charge on any atom is 0.251 e. The van der Waals surface area contributed by atoms with Gasteiger partial charge in [0.1, 0.15) is 0 Å². The van der Waals surface area contributed by atoms with Crippen molar-refractivity contribution in [1.82, 2.24) is 5.32 Å². The Morgan fingerprint density at radius 3 is 2.05 bits per heavy atom. The molecule has 0 unspecified atom stereocenters. The molecule has 3 heteroatoms. The first-order valence-corrected chi connectivity index (χ1v) is 7.18. The van der Waals surface area contributed by atoms with E-state index in [1.807, 2.05) is 24.3 Å². The lowest BCUT2D eigenvalue weighted by Crippen LogP contribution is -2.36. The van der Waals surface area contributed by atoms with E-state index in [9.17, 15) is 4.79 Å². The van der Waals surface area contributed by atoms with Crippen molar-refractivity contribution in [3.63, 3.8) is 0 Å². The number of carbonyl (C=O) groups excluding carboxylic acids is 1. The molecule has 0 aliphatic carbocycles. The van der Waals surface area contributed by atoms with E-state index in [4.69, 9.17) is 5.73 Å². The minimum absolute atomic E-state index is 0.00305. The van der Waals surface area contributed by atoms with Gasteiger partial charge in [0.25, 0.3) is 5.91 Å². The third-order valence-corrected chi connectivity index (χ3v) is 4.33. The molecule has 0 radical (unpaired) electrons. The van der Waals surface area contributed by atoms with E-state index in [0.29, 0.717) is 12.1 Å². The van der Waals surface area contributed by atoms with E-state index in [-0.39, 0.29) is 11.3 Å². The van der Waals surface area contributed by atoms with Crippen molar-refractivity contribution in [2.45, 2.75) is 46.6 Å². The minimum Gasteiger partial charge on any atom is -0.351 e. The van der Waals surface area contributed by atoms with Crippen LogP contribution in [0.25, 0.3) is 0 Å². The van der Waals surface area contributed by atoms with Gasteiger partial charge in [-0.25, -0.2) is 0 Å². The third kappa shape index (κ3) is 4.06. The highest BCUT2D eigenvalue weighted by Crippen LogP contribution is 2.29. The largest absolute Gasteiger partial charge is 0.351 e. The fourth-order valence-electron chi connectivity index (χ4n) is 2.29. The summed E-state index contributed by atoms with van der Waals surface area (Å²) in [5, 5.41) is 3.06. The fourth-order valence-corrected chi connectivity index (χ4v) is 2.29. The van der Waals surface area contributed by atoms with Crippen LogP contribution < -0.4 is 11.1 Å². The van der Waals surface area contributed by atoms with Crippen LogP contribution in [0.3, 0.4) is 0 Å². The first-order chi connectivity index (χ1) is 9.10. The SMILES string of the molecule is CCC(CC)(CC)CNC(=O)c1ccc(CN)cc1. The zero-order valence-corrected chi connectivity index (χ0v) is 12.3. The van der Waals surface area contributed by atoms with E-state index in [0.717, 1.165) is 31.4 Å². The normalized spacial score (nSPS) is 11.4. The quantitative estimate of drug-likeness (QED) is 0.793. The molecule has 0 bridgehead atoms. The Morgan fingerprint density at radius 1 is 1.11 bits per heavy atom. The zero-order chi connectivity index (χ0) is 14.3. The summed E-state index contributed by atoms with van der Waals surface area (Å²) >= 11 is 0. The average Bonchev–Trinajstić information content (AvgIpc) is 2.49. The molecule has 1 aromatic carbocycles. The smallest absolute Gasteiger partial charge is 0.251 e. The molecule has 0 atom stereocenters. The number of hydrogen-bond acceptors (Lipinski definition) is 2. The molecular formula is C16H26N2O. The van der Waals surface area contributed by atoms with E-state index < -0.39 is 0 Å². The first kappa shape index (κ1) is 15.7. The van der Waals surface area contributed by atoms with Crippen molar-refractivity contribution in [1.29, 1.82) is 0 Å². The summed E-state index contributed by atoms with van der Waals surface area (Å²) in [5.41, 5.74) is 7.52. The van der Waals surface area contributed by atoms with E-state index in [1.165, 1.54) is 0 Å². The number of nitrogens with one attached hydrogen (secondary N) is 1. The van der Waals surface area contributed by atoms with Gasteiger partial charge < -0.3 is 11.1 Å². The Morgan fingerprint density at radius 2 is 1.63 bits per heavy atom. The molecule has 0 saturated heterocycles. The van der Waals surface area contributed by atoms with Gasteiger partial charge in [-0.2, -0.15) is 0 Å². The number of rotatable bonds is 7. The monoisotopic (exact) mass is 262 g/mol. The van der Waals surface area contributed by atoms with Crippen molar-refractivity contribution >= 4 is 5.91 Å². The van der Waals surface area contributed by atoms with E-state index in [1.54, 1.807) is 0 Å². The van der Waals surface area contributed by atoms with Crippen LogP contribution in [0, 0.1) is 5.41 Å². The number of hydrogen-bond donors (Lipinski definition) is 2. The lowest BCUT2D eigenvalue weighted by Gasteiger charge is -2.30. The lowest BCUT2D eigenvalue weighted by molar-refractivity contribution is 0.0923. The Hall–Kier alpha value is -1.35. The average molecular weight is 262 g/mol. The number of nitrogens with two attached hydrogens (primary N) is 1. The van der Waals surface area contributed by atoms with Crippen LogP contribution in [0.5, 0.6) is 0 Å². The number of benzene rings is 1. The van der Waals surface area contributed by atoms with Crippen LogP contribution in [-0.4, -0.2) is 12.5 Å². The van der Waals surface area contributed by atoms with Crippen LogP contribution in [0.1, 0.15) is 56.0 Å². The van der Waals surface area contributed by atoms with Gasteiger partial charge >= 0.3 is 0 Å². The van der Waals surface area contributed by atoms with Gasteiger partial charge in [0.05, 0.1) is 0 Å². The molecule has 3 N–H and O–H groups in total. The van der Waals surface area contributed by atoms with Crippen LogP contribution in [-0.2, 0) is 6.54 Å². The maximum absolute atomic E-state index is 12.1. The molecule has 3 nitrogen and oxygen atoms in total. The highest BCUT2D eigenvalue weighted by Gasteiger charge is 2.24. The summed E-state index contributed by atoms with van der Waals surface area (Å²) in [7, 11) is 0. The molecular weight excluding hydrogens is 236 g/mol. The second-order valence-corrected chi connectivity index (χ2v) is 5.14. The van der Waals surface area contributed by atoms with E-state index >= 15 is 0 Å². The molecule has 0 spiro atoms. The van der Waals surface area contributed by atoms with Gasteiger partial charge in [0.15, 0.2) is 0 Å². The molecule has 0 fully saturated rings. The van der Waals surface area contributed by atoms with Gasteiger partial charge in [0.2, 0.25) is 0 Å². The summed E-state index contributed by atoms with van der Waals surface area (Å²) < 4.78 is 0. The van der Waals surface area contributed by atoms with Crippen molar-refractivity contribution < 1.29 is 4.79 Å². The molecule has 106 valence electrons. The highest BCUT2D eigenvalue weighted by atomic mass is 16.1. The Labute approximate surface area is 116 Å². The second kappa shape index (κ2) is 7.29. The van der Waals surface area contributed by atoms with Gasteiger partial charge in [-0.1, -0.05) is 32.9 Å². The van der Waals surface area contributed by atoms with Crippen molar-refractivity contribution in [3.05, 3.63) is 35.4 Å². The summed E-state index contributed by atoms with van der Waals surface area (Å²) in [6.07, 6.45) is 3.27. The van der Waals surface area contributed by atoms with Crippen LogP contribution in [0.4, 0.5) is 0 Å². The van der Waals surface area contributed by atoms with Crippen molar-refractivity contribution in [2.24, 2.45) is 11.1 Å². The predicted molar refractivity (Wildman–Crippen MR) is 80.0 cm³/mol. The fraction of sp³-hybridized carbons (Fsp3) is 0.562. The molecule has 1 amide bonds. The summed E-state index contributed by atoms with van der Waals surface area (Å²) in [4.78, 5) is 12.1. The molecule has 1 aromatic rings.